The van der Waals surface area contributed by atoms with Crippen LogP contribution < -0.4 is 9.62 Å². The number of carbonyl (C=O) groups is 2. The van der Waals surface area contributed by atoms with Crippen molar-refractivity contribution in [3.8, 4) is 0 Å². The van der Waals surface area contributed by atoms with E-state index < -0.39 is 46.2 Å². The Bertz CT molecular complexity index is 1220. The molecule has 0 radical (unpaired) electrons. The fraction of sp³-hybridized carbons (Fsp3) is 0.417. The van der Waals surface area contributed by atoms with E-state index in [2.05, 4.69) is 5.32 Å². The summed E-state index contributed by atoms with van der Waals surface area (Å²) < 4.78 is 65.4. The van der Waals surface area contributed by atoms with Gasteiger partial charge in [0.1, 0.15) is 12.6 Å². The van der Waals surface area contributed by atoms with E-state index in [-0.39, 0.29) is 28.3 Å². The Labute approximate surface area is 224 Å². The number of benzene rings is 2. The van der Waals surface area contributed by atoms with Gasteiger partial charge in [-0.3, -0.25) is 13.9 Å². The van der Waals surface area contributed by atoms with Gasteiger partial charge in [0.15, 0.2) is 0 Å². The van der Waals surface area contributed by atoms with Crippen LogP contribution in [0.4, 0.5) is 18.9 Å². The van der Waals surface area contributed by atoms with Gasteiger partial charge in [-0.05, 0) is 50.6 Å². The number of nitrogens with one attached hydrogen (secondary N) is 1. The molecule has 204 valence electrons. The predicted octanol–water partition coefficient (Wildman–Crippen LogP) is 5.11. The van der Waals surface area contributed by atoms with Gasteiger partial charge in [0.2, 0.25) is 21.8 Å². The first-order chi connectivity index (χ1) is 17.1. The molecular formula is C24H28Cl2F3N3O4S. The minimum atomic E-state index is -4.72. The van der Waals surface area contributed by atoms with Crippen LogP contribution in [0, 0.1) is 0 Å². The van der Waals surface area contributed by atoms with E-state index in [1.807, 2.05) is 6.92 Å². The molecule has 0 fully saturated rings. The molecule has 2 aromatic carbocycles. The van der Waals surface area contributed by atoms with E-state index in [0.29, 0.717) is 22.4 Å². The standard InChI is InChI=1S/C24H28Cl2F3N3O4S/c1-5-15(2)30-23(34)16(3)31(13-19-20(25)10-7-11-21(19)26)22(33)14-32(37(4,35)36)18-9-6-8-17(12-18)24(27,28)29/h6-12,15-16H,5,13-14H2,1-4H3,(H,30,34)/t15-,16-/m0/s1. The van der Waals surface area contributed by atoms with Crippen LogP contribution in [0.2, 0.25) is 10.0 Å². The highest BCUT2D eigenvalue weighted by Crippen LogP contribution is 2.32. The molecule has 2 rings (SSSR count). The van der Waals surface area contributed by atoms with Crippen molar-refractivity contribution in [3.05, 3.63) is 63.6 Å². The number of halogens is 5. The number of hydrogen-bond donors (Lipinski definition) is 1. The second kappa shape index (κ2) is 12.4. The number of sulfonamides is 1. The lowest BCUT2D eigenvalue weighted by Crippen LogP contribution is -2.52. The van der Waals surface area contributed by atoms with Crippen LogP contribution in [0.3, 0.4) is 0 Å². The van der Waals surface area contributed by atoms with Gasteiger partial charge in [-0.1, -0.05) is 42.3 Å². The SMILES string of the molecule is CC[C@H](C)NC(=O)[C@H](C)N(Cc1c(Cl)cccc1Cl)C(=O)CN(c1cccc(C(F)(F)F)c1)S(C)(=O)=O. The van der Waals surface area contributed by atoms with E-state index in [4.69, 9.17) is 23.2 Å². The zero-order chi connectivity index (χ0) is 28.1. The van der Waals surface area contributed by atoms with Crippen LogP contribution in [-0.4, -0.2) is 50.0 Å². The van der Waals surface area contributed by atoms with Gasteiger partial charge < -0.3 is 10.2 Å². The lowest BCUT2D eigenvalue weighted by atomic mass is 10.1. The zero-order valence-electron chi connectivity index (χ0n) is 20.6. The number of rotatable bonds is 10. The maximum atomic E-state index is 13.5. The van der Waals surface area contributed by atoms with Crippen LogP contribution in [0.15, 0.2) is 42.5 Å². The summed E-state index contributed by atoms with van der Waals surface area (Å²) in [6, 6.07) is 7.02. The fourth-order valence-corrected chi connectivity index (χ4v) is 4.71. The summed E-state index contributed by atoms with van der Waals surface area (Å²) in [6.45, 7) is 3.99. The highest BCUT2D eigenvalue weighted by atomic mass is 35.5. The lowest BCUT2D eigenvalue weighted by molar-refractivity contribution is -0.139. The van der Waals surface area contributed by atoms with E-state index in [9.17, 15) is 31.2 Å². The molecule has 0 bridgehead atoms. The second-order valence-electron chi connectivity index (χ2n) is 8.53. The van der Waals surface area contributed by atoms with Crippen molar-refractivity contribution in [2.24, 2.45) is 0 Å². The third kappa shape index (κ3) is 8.24. The molecule has 1 N–H and O–H groups in total. The second-order valence-corrected chi connectivity index (χ2v) is 11.3. The Morgan fingerprint density at radius 3 is 2.14 bits per heavy atom. The number of nitrogens with zero attached hydrogens (tertiary/aromatic N) is 2. The molecule has 13 heteroatoms. The summed E-state index contributed by atoms with van der Waals surface area (Å²) in [7, 11) is -4.20. The molecule has 2 amide bonds. The maximum Gasteiger partial charge on any atom is 0.416 e. The third-order valence-electron chi connectivity index (χ3n) is 5.70. The van der Waals surface area contributed by atoms with Gasteiger partial charge in [0, 0.05) is 28.2 Å². The fourth-order valence-electron chi connectivity index (χ4n) is 3.35. The van der Waals surface area contributed by atoms with Crippen molar-refractivity contribution in [1.29, 1.82) is 0 Å². The Morgan fingerprint density at radius 2 is 1.62 bits per heavy atom. The third-order valence-corrected chi connectivity index (χ3v) is 7.55. The van der Waals surface area contributed by atoms with Crippen molar-refractivity contribution in [2.45, 2.75) is 52.0 Å². The van der Waals surface area contributed by atoms with Crippen LogP contribution >= 0.6 is 23.2 Å². The van der Waals surface area contributed by atoms with E-state index in [1.54, 1.807) is 25.1 Å². The maximum absolute atomic E-state index is 13.5. The molecule has 0 unspecified atom stereocenters. The smallest absolute Gasteiger partial charge is 0.352 e. The van der Waals surface area contributed by atoms with Crippen molar-refractivity contribution in [2.75, 3.05) is 17.1 Å². The predicted molar refractivity (Wildman–Crippen MR) is 138 cm³/mol. The minimum absolute atomic E-state index is 0.201. The molecule has 0 heterocycles. The first-order valence-corrected chi connectivity index (χ1v) is 13.8. The van der Waals surface area contributed by atoms with Crippen molar-refractivity contribution in [3.63, 3.8) is 0 Å². The molecule has 0 saturated carbocycles. The molecule has 37 heavy (non-hydrogen) atoms. The normalized spacial score (nSPS) is 13.5. The van der Waals surface area contributed by atoms with Gasteiger partial charge in [-0.2, -0.15) is 13.2 Å². The molecule has 2 atom stereocenters. The Hall–Kier alpha value is -2.50. The first kappa shape index (κ1) is 30.7. The van der Waals surface area contributed by atoms with Gasteiger partial charge in [-0.15, -0.1) is 0 Å². The summed E-state index contributed by atoms with van der Waals surface area (Å²) in [5, 5.41) is 3.20. The van der Waals surface area contributed by atoms with Gasteiger partial charge in [-0.25, -0.2) is 8.42 Å². The van der Waals surface area contributed by atoms with E-state index in [1.165, 1.54) is 6.92 Å². The monoisotopic (exact) mass is 581 g/mol. The zero-order valence-corrected chi connectivity index (χ0v) is 23.0. The topological polar surface area (TPSA) is 86.8 Å². The number of alkyl halides is 3. The number of hydrogen-bond acceptors (Lipinski definition) is 4. The molecule has 0 aliphatic carbocycles. The lowest BCUT2D eigenvalue weighted by Gasteiger charge is -2.32. The van der Waals surface area contributed by atoms with Crippen molar-refractivity contribution >= 4 is 50.7 Å². The first-order valence-electron chi connectivity index (χ1n) is 11.2. The largest absolute Gasteiger partial charge is 0.416 e. The number of amides is 2. The summed E-state index contributed by atoms with van der Waals surface area (Å²) in [4.78, 5) is 27.5. The highest BCUT2D eigenvalue weighted by Gasteiger charge is 2.34. The van der Waals surface area contributed by atoms with Gasteiger partial charge in [0.05, 0.1) is 17.5 Å². The Kier molecular flexibility index (Phi) is 10.3. The minimum Gasteiger partial charge on any atom is -0.352 e. The summed E-state index contributed by atoms with van der Waals surface area (Å²) >= 11 is 12.5. The van der Waals surface area contributed by atoms with Crippen LogP contribution in [0.5, 0.6) is 0 Å². The van der Waals surface area contributed by atoms with Crippen LogP contribution in [0.25, 0.3) is 0 Å². The molecule has 0 aliphatic heterocycles. The molecule has 0 saturated heterocycles. The average molecular weight is 582 g/mol. The number of carbonyl (C=O) groups excluding carboxylic acids is 2. The molecule has 2 aromatic rings. The Balaban J connectivity index is 2.50. The van der Waals surface area contributed by atoms with E-state index in [0.717, 1.165) is 29.4 Å². The van der Waals surface area contributed by atoms with Gasteiger partial charge in [0.25, 0.3) is 0 Å². The number of anilines is 1. The summed E-state index contributed by atoms with van der Waals surface area (Å²) in [5.41, 5.74) is -1.10. The van der Waals surface area contributed by atoms with Crippen LogP contribution in [-0.2, 0) is 32.3 Å². The molecule has 0 spiro atoms. The van der Waals surface area contributed by atoms with E-state index >= 15 is 0 Å². The molecule has 7 nitrogen and oxygen atoms in total. The Morgan fingerprint density at radius 1 is 1.05 bits per heavy atom. The quantitative estimate of drug-likeness (QED) is 0.422. The average Bonchev–Trinajstić information content (AvgIpc) is 2.80. The van der Waals surface area contributed by atoms with Gasteiger partial charge >= 0.3 is 6.18 Å². The molecular weight excluding hydrogens is 554 g/mol. The van der Waals surface area contributed by atoms with Crippen LogP contribution in [0.1, 0.15) is 38.3 Å². The molecule has 0 aromatic heterocycles. The van der Waals surface area contributed by atoms with Crippen molar-refractivity contribution < 1.29 is 31.2 Å². The summed E-state index contributed by atoms with van der Waals surface area (Å²) in [6.07, 6.45) is -3.33. The summed E-state index contributed by atoms with van der Waals surface area (Å²) in [5.74, 6) is -1.35. The highest BCUT2D eigenvalue weighted by molar-refractivity contribution is 7.92. The molecule has 0 aliphatic rings. The van der Waals surface area contributed by atoms with Crippen molar-refractivity contribution in [1.82, 2.24) is 10.2 Å².